The highest BCUT2D eigenvalue weighted by Gasteiger charge is 2.35. The number of anilines is 4. The average molecular weight is 1150 g/mol. The molecule has 8 rings (SSSR count). The van der Waals surface area contributed by atoms with Gasteiger partial charge in [-0.05, 0) is 125 Å². The number of rotatable bonds is 10. The smallest absolute Gasteiger partial charge is 0.410 e. The highest BCUT2D eigenvalue weighted by Crippen LogP contribution is 2.36. The first-order valence-corrected chi connectivity index (χ1v) is 29.1. The molecule has 2 fully saturated rings. The van der Waals surface area contributed by atoms with Crippen LogP contribution >= 0.6 is 0 Å². The topological polar surface area (TPSA) is 298 Å². The summed E-state index contributed by atoms with van der Waals surface area (Å²) in [6.45, 7) is 20.8. The van der Waals surface area contributed by atoms with Gasteiger partial charge in [0.15, 0.2) is 11.3 Å². The molecular formula is C55H78N12O11S2. The van der Waals surface area contributed by atoms with Gasteiger partial charge in [0.2, 0.25) is 31.9 Å². The minimum absolute atomic E-state index is 0. The molecule has 0 radical (unpaired) electrons. The lowest BCUT2D eigenvalue weighted by atomic mass is 9.97. The number of carboxylic acid groups (broad SMARTS) is 1. The molecule has 2 aliphatic heterocycles. The van der Waals surface area contributed by atoms with Gasteiger partial charge in [0.05, 0.1) is 58.5 Å². The van der Waals surface area contributed by atoms with E-state index in [0.29, 0.717) is 53.7 Å². The van der Waals surface area contributed by atoms with Crippen LogP contribution in [0.3, 0.4) is 0 Å². The first-order chi connectivity index (χ1) is 36.3. The van der Waals surface area contributed by atoms with Crippen molar-refractivity contribution in [2.75, 3.05) is 45.7 Å². The molecule has 25 heteroatoms. The van der Waals surface area contributed by atoms with E-state index in [0.717, 1.165) is 84.0 Å². The van der Waals surface area contributed by atoms with Crippen LogP contribution in [0.25, 0.3) is 11.3 Å². The second-order valence-electron chi connectivity index (χ2n) is 20.7. The molecule has 2 saturated heterocycles. The number of sulfonamides is 2. The summed E-state index contributed by atoms with van der Waals surface area (Å²) in [6, 6.07) is 12.8. The maximum atomic E-state index is 13.8. The highest BCUT2D eigenvalue weighted by atomic mass is 32.2. The van der Waals surface area contributed by atoms with Gasteiger partial charge in [0.1, 0.15) is 17.2 Å². The summed E-state index contributed by atoms with van der Waals surface area (Å²) in [5.74, 6) is -0.634. The van der Waals surface area contributed by atoms with Crippen LogP contribution in [0.1, 0.15) is 166 Å². The summed E-state index contributed by atoms with van der Waals surface area (Å²) in [4.78, 5) is 73.5. The van der Waals surface area contributed by atoms with E-state index in [-0.39, 0.29) is 67.7 Å². The number of carbonyl (C=O) groups excluding carboxylic acids is 4. The van der Waals surface area contributed by atoms with E-state index in [1.807, 2.05) is 67.5 Å². The van der Waals surface area contributed by atoms with E-state index in [9.17, 15) is 40.8 Å². The predicted molar refractivity (Wildman–Crippen MR) is 310 cm³/mol. The summed E-state index contributed by atoms with van der Waals surface area (Å²) in [7, 11) is -7.02. The molecule has 0 aliphatic carbocycles. The second kappa shape index (κ2) is 26.1. The molecule has 2 aromatic carbocycles. The fraction of sp³-hybridized carbons (Fsp3) is 0.473. The number of hydrogen-bond acceptors (Lipinski definition) is 14. The number of hydrogen-bond donors (Lipinski definition) is 5. The molecule has 5 N–H and O–H groups in total. The van der Waals surface area contributed by atoms with Gasteiger partial charge in [0, 0.05) is 61.6 Å². The first-order valence-electron chi connectivity index (χ1n) is 25.3. The highest BCUT2D eigenvalue weighted by molar-refractivity contribution is 7.92. The van der Waals surface area contributed by atoms with E-state index in [1.54, 1.807) is 50.0 Å². The van der Waals surface area contributed by atoms with Gasteiger partial charge in [-0.2, -0.15) is 19.2 Å². The monoisotopic (exact) mass is 1150 g/mol. The van der Waals surface area contributed by atoms with Crippen LogP contribution in [0, 0.1) is 41.5 Å². The van der Waals surface area contributed by atoms with Gasteiger partial charge in [-0.1, -0.05) is 38.1 Å². The Morgan fingerprint density at radius 3 is 1.41 bits per heavy atom. The third kappa shape index (κ3) is 16.5. The van der Waals surface area contributed by atoms with Crippen LogP contribution in [-0.4, -0.2) is 122 Å². The van der Waals surface area contributed by atoms with Crippen molar-refractivity contribution in [1.29, 1.82) is 0 Å². The van der Waals surface area contributed by atoms with Crippen LogP contribution in [-0.2, 0) is 34.4 Å². The van der Waals surface area contributed by atoms with Crippen molar-refractivity contribution < 1.29 is 50.7 Å². The van der Waals surface area contributed by atoms with Gasteiger partial charge in [-0.25, -0.2) is 36.4 Å². The van der Waals surface area contributed by atoms with Crippen molar-refractivity contribution in [3.8, 4) is 0 Å². The summed E-state index contributed by atoms with van der Waals surface area (Å²) in [6.07, 6.45) is 6.96. The molecule has 436 valence electrons. The fourth-order valence-electron chi connectivity index (χ4n) is 9.05. The van der Waals surface area contributed by atoms with Crippen LogP contribution in [0.2, 0.25) is 0 Å². The number of likely N-dealkylation sites (tertiary alicyclic amines) is 2. The largest absolute Gasteiger partial charge is 0.478 e. The van der Waals surface area contributed by atoms with Crippen molar-refractivity contribution in [3.05, 3.63) is 105 Å². The van der Waals surface area contributed by atoms with Crippen LogP contribution in [0.15, 0.2) is 48.5 Å². The Morgan fingerprint density at radius 1 is 0.613 bits per heavy atom. The van der Waals surface area contributed by atoms with E-state index in [2.05, 4.69) is 30.0 Å². The molecule has 6 aromatic rings. The lowest BCUT2D eigenvalue weighted by Gasteiger charge is -2.35. The number of aryl methyl sites for hydroxylation is 4. The van der Waals surface area contributed by atoms with Gasteiger partial charge >= 0.3 is 12.1 Å². The van der Waals surface area contributed by atoms with Crippen molar-refractivity contribution >= 4 is 84.1 Å². The maximum Gasteiger partial charge on any atom is 0.410 e. The summed E-state index contributed by atoms with van der Waals surface area (Å²) < 4.78 is 59.2. The van der Waals surface area contributed by atoms with E-state index in [4.69, 9.17) is 20.0 Å². The lowest BCUT2D eigenvalue weighted by molar-refractivity contribution is -0.115. The number of nitrogens with zero attached hydrogens (tertiary/aromatic N) is 8. The number of nitrogens with one attached hydrogen (secondary N) is 4. The van der Waals surface area contributed by atoms with Crippen molar-refractivity contribution in [1.82, 2.24) is 39.0 Å². The molecule has 0 saturated carbocycles. The lowest BCUT2D eigenvalue weighted by Crippen LogP contribution is -2.42. The third-order valence-electron chi connectivity index (χ3n) is 12.8. The molecule has 4 amide bonds. The average Bonchev–Trinajstić information content (AvgIpc) is 3.96. The van der Waals surface area contributed by atoms with Crippen LogP contribution in [0.5, 0.6) is 0 Å². The Kier molecular flexibility index (Phi) is 21.1. The Balaban J connectivity index is 0.000000274. The minimum Gasteiger partial charge on any atom is -0.478 e. The van der Waals surface area contributed by atoms with Crippen LogP contribution < -0.4 is 20.1 Å². The van der Waals surface area contributed by atoms with Gasteiger partial charge in [-0.3, -0.25) is 28.7 Å². The molecule has 80 heavy (non-hydrogen) atoms. The zero-order chi connectivity index (χ0) is 57.8. The van der Waals surface area contributed by atoms with E-state index < -0.39 is 31.6 Å². The molecule has 4 aromatic heterocycles. The van der Waals surface area contributed by atoms with E-state index >= 15 is 0 Å². The van der Waals surface area contributed by atoms with Gasteiger partial charge in [-0.15, -0.1) is 0 Å². The quantitative estimate of drug-likeness (QED) is 0.0853. The number of carbonyl (C=O) groups is 5. The molecule has 0 bridgehead atoms. The van der Waals surface area contributed by atoms with E-state index in [1.165, 1.54) is 26.0 Å². The third-order valence-corrected chi connectivity index (χ3v) is 14.0. The number of amides is 4. The number of piperidine rings is 2. The Morgan fingerprint density at radius 2 is 1.01 bits per heavy atom. The predicted octanol–water partition coefficient (Wildman–Crippen LogP) is 9.46. The number of benzene rings is 2. The summed E-state index contributed by atoms with van der Waals surface area (Å²) in [5.41, 5.74) is 7.59. The number of aromatic nitrogens is 6. The normalized spacial score (nSPS) is 15.4. The van der Waals surface area contributed by atoms with Gasteiger partial charge < -0.3 is 25.4 Å². The number of fused-ring (bicyclic) bond motifs is 2. The fourth-order valence-corrected chi connectivity index (χ4v) is 10.2. The SMILES string of the molecule is C.C.CC(=O)Nc1c(C)c(C)nc2cc([C@@H]3CCCCN3C(=O)OC(C)(C)C)nn12.CC(=O)Nc1c(C)c(C)nc2cc([C@@H]3CCCCN3C(=O)c3cc(C)ccc3NS(C)(=O)=O)nn12.Cc1ccc(NS(C)(=O)=O)c(C(=O)O)c1. The Bertz CT molecular complexity index is 3530. The molecule has 23 nitrogen and oxygen atoms in total. The van der Waals surface area contributed by atoms with Crippen molar-refractivity contribution in [3.63, 3.8) is 0 Å². The first kappa shape index (κ1) is 64.9. The Hall–Kier alpha value is -7.67. The van der Waals surface area contributed by atoms with Crippen LogP contribution in [0.4, 0.5) is 27.8 Å². The molecule has 2 atom stereocenters. The Labute approximate surface area is 469 Å². The minimum atomic E-state index is -3.56. The number of aromatic carboxylic acids is 1. The maximum absolute atomic E-state index is 13.8. The standard InChI is InChI=1S/C24H30N6O4S.C20H29N5O3.C9H11NO4S.2CH4/c1-14-9-10-19(28-35(5,33)34)18(12-14)24(32)29-11-7-6-8-21(29)20-13-22-25-16(3)15(2)23(26-17(4)31)30(22)27-20;1-12-13(2)21-17-11-15(23-25(17)18(12)22-14(3)26)16-9-7-8-10-24(16)19(27)28-20(4,5)6;1-6-3-4-8(10-15(2,13)14)7(5-6)9(11)12;;/h9-10,12-13,21,28H,6-8,11H2,1-5H3,(H,26,31);11,16H,7-10H2,1-6H3,(H,22,26);3-5,10H,1-2H3,(H,11,12);2*1H4/t21-;16-;;;/m00.../s1. The molecular weight excluding hydrogens is 1070 g/mol. The zero-order valence-corrected chi connectivity index (χ0v) is 48.0. The molecule has 0 unspecified atom stereocenters. The summed E-state index contributed by atoms with van der Waals surface area (Å²) >= 11 is 0. The number of carboxylic acids is 1. The zero-order valence-electron chi connectivity index (χ0n) is 46.4. The van der Waals surface area contributed by atoms with Crippen molar-refractivity contribution in [2.24, 2.45) is 0 Å². The second-order valence-corrected chi connectivity index (χ2v) is 24.2. The molecule has 6 heterocycles. The molecule has 2 aliphatic rings. The van der Waals surface area contributed by atoms with Gasteiger partial charge in [0.25, 0.3) is 5.91 Å². The summed E-state index contributed by atoms with van der Waals surface area (Å²) in [5, 5.41) is 24.0. The molecule has 0 spiro atoms. The van der Waals surface area contributed by atoms with Crippen molar-refractivity contribution in [2.45, 2.75) is 147 Å². The number of ether oxygens (including phenoxy) is 1.